The largest absolute Gasteiger partial charge is 0.452 e. The number of benzene rings is 3. The molecule has 1 N–H and O–H groups in total. The number of esters is 1. The Balaban J connectivity index is 1.76. The zero-order valence-corrected chi connectivity index (χ0v) is 17.2. The minimum Gasteiger partial charge on any atom is -0.452 e. The summed E-state index contributed by atoms with van der Waals surface area (Å²) in [6.07, 6.45) is -1.01. The third-order valence-corrected chi connectivity index (χ3v) is 4.90. The molecule has 0 unspecified atom stereocenters. The highest BCUT2D eigenvalue weighted by atomic mass is 35.5. The number of hydrogen-bond donors (Lipinski definition) is 1. The lowest BCUT2D eigenvalue weighted by Gasteiger charge is -2.20. The van der Waals surface area contributed by atoms with Gasteiger partial charge in [-0.3, -0.25) is 9.59 Å². The summed E-state index contributed by atoms with van der Waals surface area (Å²) < 4.78 is 5.50. The first-order valence-corrected chi connectivity index (χ1v) is 9.77. The molecule has 0 spiro atoms. The van der Waals surface area contributed by atoms with Crippen molar-refractivity contribution >= 4 is 40.8 Å². The second-order valence-corrected chi connectivity index (χ2v) is 7.29. The van der Waals surface area contributed by atoms with Crippen LogP contribution in [-0.2, 0) is 14.3 Å². The van der Waals surface area contributed by atoms with Crippen molar-refractivity contribution in [3.8, 4) is 0 Å². The molecule has 0 aromatic heterocycles. The molecule has 0 bridgehead atoms. The molecule has 3 aromatic carbocycles. The van der Waals surface area contributed by atoms with Gasteiger partial charge in [0, 0.05) is 5.02 Å². The minimum atomic E-state index is -1.01. The summed E-state index contributed by atoms with van der Waals surface area (Å²) in [5.74, 6) is -1.62. The maximum absolute atomic E-state index is 13.0. The number of nitrogens with one attached hydrogen (secondary N) is 1. The average Bonchev–Trinajstić information content (AvgIpc) is 2.71. The van der Waals surface area contributed by atoms with Gasteiger partial charge in [-0.15, -0.1) is 0 Å². The summed E-state index contributed by atoms with van der Waals surface area (Å²) in [5.41, 5.74) is 1.97. The number of carbonyl (C=O) groups excluding carboxylic acids is 2. The van der Waals surface area contributed by atoms with Crippen molar-refractivity contribution < 1.29 is 14.3 Å². The van der Waals surface area contributed by atoms with Gasteiger partial charge in [-0.2, -0.15) is 0 Å². The Morgan fingerprint density at radius 3 is 1.93 bits per heavy atom. The van der Waals surface area contributed by atoms with Gasteiger partial charge in [-0.1, -0.05) is 83.9 Å². The Kier molecular flexibility index (Phi) is 6.91. The molecule has 1 amide bonds. The van der Waals surface area contributed by atoms with Crippen LogP contribution in [0.25, 0.3) is 0 Å². The van der Waals surface area contributed by atoms with Crippen LogP contribution in [0.5, 0.6) is 0 Å². The van der Waals surface area contributed by atoms with Gasteiger partial charge >= 0.3 is 5.97 Å². The highest BCUT2D eigenvalue weighted by Gasteiger charge is 2.28. The molecule has 0 saturated carbocycles. The predicted octanol–water partition coefficient (Wildman–Crippen LogP) is 5.70. The van der Waals surface area contributed by atoms with Crippen LogP contribution in [0.4, 0.5) is 5.69 Å². The molecule has 4 nitrogen and oxygen atoms in total. The summed E-state index contributed by atoms with van der Waals surface area (Å²) in [6, 6.07) is 23.3. The van der Waals surface area contributed by atoms with Crippen LogP contribution in [0.3, 0.4) is 0 Å². The van der Waals surface area contributed by atoms with Crippen molar-refractivity contribution in [1.82, 2.24) is 0 Å². The molecule has 29 heavy (non-hydrogen) atoms. The van der Waals surface area contributed by atoms with Gasteiger partial charge in [-0.25, -0.2) is 0 Å². The maximum atomic E-state index is 13.0. The number of anilines is 1. The molecule has 3 aromatic rings. The lowest BCUT2D eigenvalue weighted by Crippen LogP contribution is -2.32. The summed E-state index contributed by atoms with van der Waals surface area (Å²) in [6.45, 7) is 1.52. The van der Waals surface area contributed by atoms with Crippen molar-refractivity contribution in [2.45, 2.75) is 18.9 Å². The van der Waals surface area contributed by atoms with Crippen LogP contribution in [0.2, 0.25) is 10.0 Å². The van der Waals surface area contributed by atoms with Crippen LogP contribution < -0.4 is 5.32 Å². The zero-order chi connectivity index (χ0) is 20.8. The van der Waals surface area contributed by atoms with E-state index in [9.17, 15) is 9.59 Å². The molecule has 3 rings (SSSR count). The van der Waals surface area contributed by atoms with Crippen molar-refractivity contribution in [2.24, 2.45) is 0 Å². The molecule has 148 valence electrons. The average molecular weight is 428 g/mol. The second kappa shape index (κ2) is 9.59. The lowest BCUT2D eigenvalue weighted by molar-refractivity contribution is -0.153. The monoisotopic (exact) mass is 427 g/mol. The van der Waals surface area contributed by atoms with Crippen LogP contribution in [0.15, 0.2) is 78.9 Å². The van der Waals surface area contributed by atoms with Crippen molar-refractivity contribution in [3.63, 3.8) is 0 Å². The molecule has 0 saturated heterocycles. The standard InChI is InChI=1S/C23H19Cl2NO3/c1-15(22(27)26-20-13-12-18(24)14-19(20)25)29-23(28)21(16-8-4-2-5-9-16)17-10-6-3-7-11-17/h2-15,21H,1H3,(H,26,27)/t15-/m1/s1. The third kappa shape index (κ3) is 5.37. The quantitative estimate of drug-likeness (QED) is 0.513. The van der Waals surface area contributed by atoms with Crippen molar-refractivity contribution in [1.29, 1.82) is 0 Å². The van der Waals surface area contributed by atoms with Gasteiger partial charge < -0.3 is 10.1 Å². The van der Waals surface area contributed by atoms with E-state index in [4.69, 9.17) is 27.9 Å². The van der Waals surface area contributed by atoms with E-state index in [1.807, 2.05) is 60.7 Å². The zero-order valence-electron chi connectivity index (χ0n) is 15.6. The summed E-state index contributed by atoms with van der Waals surface area (Å²) >= 11 is 12.0. The van der Waals surface area contributed by atoms with E-state index in [0.717, 1.165) is 11.1 Å². The van der Waals surface area contributed by atoms with Crippen molar-refractivity contribution in [3.05, 3.63) is 100 Å². The Bertz CT molecular complexity index is 954. The van der Waals surface area contributed by atoms with Crippen LogP contribution in [0.1, 0.15) is 24.0 Å². The fourth-order valence-corrected chi connectivity index (χ4v) is 3.33. The Labute approximate surface area is 179 Å². The molecule has 0 fully saturated rings. The number of amides is 1. The van der Waals surface area contributed by atoms with Gasteiger partial charge in [0.25, 0.3) is 5.91 Å². The lowest BCUT2D eigenvalue weighted by atomic mass is 9.91. The molecule has 0 radical (unpaired) electrons. The highest BCUT2D eigenvalue weighted by molar-refractivity contribution is 6.36. The van der Waals surface area contributed by atoms with Crippen molar-refractivity contribution in [2.75, 3.05) is 5.32 Å². The topological polar surface area (TPSA) is 55.4 Å². The van der Waals surface area contributed by atoms with Gasteiger partial charge in [-0.05, 0) is 36.2 Å². The second-order valence-electron chi connectivity index (χ2n) is 6.45. The smallest absolute Gasteiger partial charge is 0.318 e. The fourth-order valence-electron chi connectivity index (χ4n) is 2.88. The Morgan fingerprint density at radius 1 is 0.862 bits per heavy atom. The minimum absolute atomic E-state index is 0.302. The molecular formula is C23H19Cl2NO3. The molecule has 0 aliphatic carbocycles. The number of carbonyl (C=O) groups is 2. The van der Waals surface area contributed by atoms with Crippen LogP contribution >= 0.6 is 23.2 Å². The van der Waals surface area contributed by atoms with E-state index in [1.54, 1.807) is 12.1 Å². The van der Waals surface area contributed by atoms with Gasteiger partial charge in [0.2, 0.25) is 0 Å². The Hall–Kier alpha value is -2.82. The predicted molar refractivity (Wildman–Crippen MR) is 115 cm³/mol. The van der Waals surface area contributed by atoms with E-state index in [1.165, 1.54) is 13.0 Å². The normalized spacial score (nSPS) is 11.7. The SMILES string of the molecule is C[C@@H](OC(=O)C(c1ccccc1)c1ccccc1)C(=O)Nc1ccc(Cl)cc1Cl. The summed E-state index contributed by atoms with van der Waals surface area (Å²) in [7, 11) is 0. The molecule has 0 aliphatic rings. The van der Waals surface area contributed by atoms with Gasteiger partial charge in [0.05, 0.1) is 10.7 Å². The molecule has 0 heterocycles. The van der Waals surface area contributed by atoms with Gasteiger partial charge in [0.15, 0.2) is 6.10 Å². The number of rotatable bonds is 6. The summed E-state index contributed by atoms with van der Waals surface area (Å²) in [4.78, 5) is 25.5. The molecule has 6 heteroatoms. The number of hydrogen-bond acceptors (Lipinski definition) is 3. The molecule has 0 aliphatic heterocycles. The first-order valence-electron chi connectivity index (χ1n) is 9.02. The van der Waals surface area contributed by atoms with Crippen LogP contribution in [0, 0.1) is 0 Å². The van der Waals surface area contributed by atoms with E-state index < -0.39 is 23.9 Å². The first-order chi connectivity index (χ1) is 14.0. The number of halogens is 2. The Morgan fingerprint density at radius 2 is 1.41 bits per heavy atom. The fraction of sp³-hybridized carbons (Fsp3) is 0.130. The summed E-state index contributed by atoms with van der Waals surface area (Å²) in [5, 5.41) is 3.42. The number of ether oxygens (including phenoxy) is 1. The van der Waals surface area contributed by atoms with Crippen LogP contribution in [-0.4, -0.2) is 18.0 Å². The van der Waals surface area contributed by atoms with E-state index in [2.05, 4.69) is 5.32 Å². The van der Waals surface area contributed by atoms with E-state index in [-0.39, 0.29) is 0 Å². The highest BCUT2D eigenvalue weighted by Crippen LogP contribution is 2.28. The molecule has 1 atom stereocenters. The first kappa shape index (κ1) is 20.9. The van der Waals surface area contributed by atoms with Gasteiger partial charge in [0.1, 0.15) is 5.92 Å². The van der Waals surface area contributed by atoms with E-state index >= 15 is 0 Å². The third-order valence-electron chi connectivity index (χ3n) is 4.35. The van der Waals surface area contributed by atoms with E-state index in [0.29, 0.717) is 15.7 Å². The maximum Gasteiger partial charge on any atom is 0.318 e. The molecular weight excluding hydrogens is 409 g/mol.